The van der Waals surface area contributed by atoms with Crippen LogP contribution in [0.1, 0.15) is 65.2 Å². The zero-order valence-electron chi connectivity index (χ0n) is 10.2. The third kappa shape index (κ3) is 12.5. The fraction of sp³-hybridized carbons (Fsp3) is 1.00. The van der Waals surface area contributed by atoms with E-state index < -0.39 is 10.3 Å². The average molecular weight is 552 g/mol. The second-order valence-electron chi connectivity index (χ2n) is 4.23. The molecule has 0 atom stereocenters. The van der Waals surface area contributed by atoms with E-state index in [9.17, 15) is 0 Å². The van der Waals surface area contributed by atoms with Crippen molar-refractivity contribution < 1.29 is 0 Å². The molecule has 0 radical (unpaired) electrons. The van der Waals surface area contributed by atoms with E-state index in [0.29, 0.717) is 0 Å². The second kappa shape index (κ2) is 11.3. The zero-order valence-corrected chi connectivity index (χ0v) is 16.9. The first-order chi connectivity index (χ1) is 7.12. The number of rotatable bonds is 10. The molecule has 0 aromatic rings. The van der Waals surface area contributed by atoms with Crippen LogP contribution in [0.2, 0.25) is 8.94 Å². The van der Waals surface area contributed by atoms with Crippen molar-refractivity contribution in [3.63, 3.8) is 0 Å². The normalized spacial score (nSPS) is 13.1. The van der Waals surface area contributed by atoms with E-state index in [1.54, 1.807) is 8.94 Å². The molecule has 3 heteroatoms. The van der Waals surface area contributed by atoms with Crippen LogP contribution in [0.4, 0.5) is 0 Å². The molecule has 0 rings (SSSR count). The van der Waals surface area contributed by atoms with Gasteiger partial charge in [-0.15, -0.1) is 0 Å². The summed E-state index contributed by atoms with van der Waals surface area (Å²) in [7, 11) is -1.38. The van der Waals surface area contributed by atoms with Crippen molar-refractivity contribution in [1.29, 1.82) is 0 Å². The molecule has 0 saturated carbocycles. The summed E-state index contributed by atoms with van der Waals surface area (Å²) in [6, 6.07) is 0. The van der Waals surface area contributed by atoms with Crippen LogP contribution >= 0.6 is 37.4 Å². The Morgan fingerprint density at radius 2 is 1.07 bits per heavy atom. The molecule has 0 saturated heterocycles. The fourth-order valence-electron chi connectivity index (χ4n) is 1.58. The van der Waals surface area contributed by atoms with Crippen molar-refractivity contribution in [2.45, 2.75) is 74.2 Å². The summed E-state index contributed by atoms with van der Waals surface area (Å²) >= 11 is 5.71. The number of hydrogen-bond acceptors (Lipinski definition) is 0. The van der Waals surface area contributed by atoms with Gasteiger partial charge in [-0.05, 0) is 0 Å². The summed E-state index contributed by atoms with van der Waals surface area (Å²) in [4.78, 5) is 0. The van der Waals surface area contributed by atoms with Crippen LogP contribution in [-0.2, 0) is 0 Å². The summed E-state index contributed by atoms with van der Waals surface area (Å²) in [6.45, 7) is 4.60. The van der Waals surface area contributed by atoms with Crippen LogP contribution in [-0.4, -0.2) is 10.3 Å². The Morgan fingerprint density at radius 1 is 0.667 bits per heavy atom. The first-order valence-electron chi connectivity index (χ1n) is 6.30. The molecule has 0 aromatic heterocycles. The van der Waals surface area contributed by atoms with Crippen LogP contribution in [0.25, 0.3) is 0 Å². The van der Waals surface area contributed by atoms with Gasteiger partial charge >= 0.3 is 122 Å². The van der Waals surface area contributed by atoms with Crippen LogP contribution in [0.15, 0.2) is 0 Å². The Labute approximate surface area is 120 Å². The SMILES string of the molecule is CCCCCC[Te](I)(I)CCCCCC. The maximum atomic E-state index is 2.86. The minimum atomic E-state index is -1.38. The monoisotopic (exact) mass is 554 g/mol. The van der Waals surface area contributed by atoms with Gasteiger partial charge in [0.15, 0.2) is 0 Å². The molecular weight excluding hydrogens is 526 g/mol. The van der Waals surface area contributed by atoms with Gasteiger partial charge in [-0.25, -0.2) is 0 Å². The second-order valence-corrected chi connectivity index (χ2v) is 44.5. The third-order valence-corrected chi connectivity index (χ3v) is 19.5. The summed E-state index contributed by atoms with van der Waals surface area (Å²) < 4.78 is 3.19. The van der Waals surface area contributed by atoms with Gasteiger partial charge in [-0.1, -0.05) is 0 Å². The Morgan fingerprint density at radius 3 is 1.40 bits per heavy atom. The van der Waals surface area contributed by atoms with Crippen molar-refractivity contribution in [2.75, 3.05) is 0 Å². The summed E-state index contributed by atoms with van der Waals surface area (Å²) in [5.41, 5.74) is 0. The molecule has 0 aliphatic rings. The molecule has 0 amide bonds. The topological polar surface area (TPSA) is 0 Å². The van der Waals surface area contributed by atoms with Gasteiger partial charge in [0, 0.05) is 0 Å². The number of halogens is 2. The standard InChI is InChI=1S/C12H26I2Te/c1-3-5-7-9-11-15(13,14)12-10-8-6-4-2/h3-12H2,1-2H3. The maximum absolute atomic E-state index is 2.86. The molecule has 0 bridgehead atoms. The minimum absolute atomic E-state index is 1.37. The van der Waals surface area contributed by atoms with E-state index in [-0.39, 0.29) is 0 Å². The van der Waals surface area contributed by atoms with Gasteiger partial charge in [-0.2, -0.15) is 0 Å². The number of unbranched alkanes of at least 4 members (excludes halogenated alkanes) is 6. The molecule has 0 heterocycles. The van der Waals surface area contributed by atoms with Gasteiger partial charge in [0.05, 0.1) is 0 Å². The Hall–Kier alpha value is 2.25. The van der Waals surface area contributed by atoms with Crippen LogP contribution in [0, 0.1) is 0 Å². The first-order valence-corrected chi connectivity index (χ1v) is 23.2. The predicted octanol–water partition coefficient (Wildman–Crippen LogP) is 6.46. The van der Waals surface area contributed by atoms with Crippen molar-refractivity contribution in [3.8, 4) is 0 Å². The number of hydrogen-bond donors (Lipinski definition) is 0. The molecule has 0 aliphatic heterocycles. The molecular formula is C12H26I2Te. The molecule has 0 unspecified atom stereocenters. The van der Waals surface area contributed by atoms with Gasteiger partial charge in [0.25, 0.3) is 0 Å². The molecule has 0 aliphatic carbocycles. The summed E-state index contributed by atoms with van der Waals surface area (Å²) in [5.74, 6) is 0. The van der Waals surface area contributed by atoms with Crippen LogP contribution in [0.5, 0.6) is 0 Å². The van der Waals surface area contributed by atoms with Crippen molar-refractivity contribution in [1.82, 2.24) is 0 Å². The van der Waals surface area contributed by atoms with Gasteiger partial charge in [0.2, 0.25) is 0 Å². The van der Waals surface area contributed by atoms with Gasteiger partial charge in [-0.3, -0.25) is 0 Å². The van der Waals surface area contributed by atoms with E-state index >= 15 is 0 Å². The average Bonchev–Trinajstić information content (AvgIpc) is 2.20. The Kier molecular flexibility index (Phi) is 13.0. The third-order valence-electron chi connectivity index (χ3n) is 2.59. The molecule has 0 nitrogen and oxygen atoms in total. The van der Waals surface area contributed by atoms with Crippen LogP contribution in [0.3, 0.4) is 0 Å². The summed E-state index contributed by atoms with van der Waals surface area (Å²) in [5, 5.41) is 0. The molecule has 15 heavy (non-hydrogen) atoms. The first kappa shape index (κ1) is 17.2. The Bertz CT molecular complexity index is 124. The van der Waals surface area contributed by atoms with E-state index in [0.717, 1.165) is 0 Å². The Balaban J connectivity index is 3.40. The van der Waals surface area contributed by atoms with Crippen molar-refractivity contribution >= 4 is 47.7 Å². The molecule has 94 valence electrons. The van der Waals surface area contributed by atoms with E-state index in [2.05, 4.69) is 51.2 Å². The molecule has 0 fully saturated rings. The molecule has 0 N–H and O–H groups in total. The zero-order chi connectivity index (χ0) is 11.6. The van der Waals surface area contributed by atoms with Gasteiger partial charge in [0.1, 0.15) is 0 Å². The van der Waals surface area contributed by atoms with E-state index in [1.165, 1.54) is 51.4 Å². The predicted molar refractivity (Wildman–Crippen MR) is 91.7 cm³/mol. The fourth-order valence-corrected chi connectivity index (χ4v) is 14.1. The van der Waals surface area contributed by atoms with Crippen molar-refractivity contribution in [2.24, 2.45) is 0 Å². The van der Waals surface area contributed by atoms with E-state index in [4.69, 9.17) is 0 Å². The summed E-state index contributed by atoms with van der Waals surface area (Å²) in [6.07, 6.45) is 11.6. The van der Waals surface area contributed by atoms with Crippen LogP contribution < -0.4 is 0 Å². The molecule has 0 aromatic carbocycles. The van der Waals surface area contributed by atoms with Crippen molar-refractivity contribution in [3.05, 3.63) is 0 Å². The molecule has 0 spiro atoms. The quantitative estimate of drug-likeness (QED) is 0.166. The van der Waals surface area contributed by atoms with Gasteiger partial charge < -0.3 is 0 Å². The van der Waals surface area contributed by atoms with E-state index in [1.807, 2.05) is 0 Å².